The van der Waals surface area contributed by atoms with Crippen LogP contribution in [0.3, 0.4) is 0 Å². The summed E-state index contributed by atoms with van der Waals surface area (Å²) in [6.07, 6.45) is 1.54. The smallest absolute Gasteiger partial charge is 0.250 e. The second kappa shape index (κ2) is 8.11. The Labute approximate surface area is 127 Å². The molecule has 0 heterocycles. The summed E-state index contributed by atoms with van der Waals surface area (Å²) in [6.45, 7) is 0. The van der Waals surface area contributed by atoms with Crippen molar-refractivity contribution in [1.29, 1.82) is 0 Å². The van der Waals surface area contributed by atoms with Crippen molar-refractivity contribution < 1.29 is 9.90 Å². The molecule has 21 heavy (non-hydrogen) atoms. The molecule has 0 aliphatic rings. The fraction of sp³-hybridized carbons (Fsp3) is 0.125. The molecule has 2 N–H and O–H groups in total. The van der Waals surface area contributed by atoms with Gasteiger partial charge < -0.3 is 5.11 Å². The summed E-state index contributed by atoms with van der Waals surface area (Å²) in [7, 11) is 0. The Balaban J connectivity index is 1.69. The first-order valence-electron chi connectivity index (χ1n) is 6.46. The number of hydrogen-bond acceptors (Lipinski definition) is 4. The highest BCUT2D eigenvalue weighted by Crippen LogP contribution is 2.11. The van der Waals surface area contributed by atoms with Crippen molar-refractivity contribution in [1.82, 2.24) is 5.43 Å². The summed E-state index contributed by atoms with van der Waals surface area (Å²) < 4.78 is 0. The molecule has 108 valence electrons. The molecule has 0 fully saturated rings. The lowest BCUT2D eigenvalue weighted by atomic mass is 10.2. The molecule has 0 aliphatic carbocycles. The minimum atomic E-state index is -0.133. The third kappa shape index (κ3) is 5.71. The molecule has 0 aliphatic heterocycles. The lowest BCUT2D eigenvalue weighted by molar-refractivity contribution is -0.118. The lowest BCUT2D eigenvalue weighted by Gasteiger charge is -2.01. The number of carbonyl (C=O) groups excluding carboxylic acids is 1. The normalized spacial score (nSPS) is 10.7. The highest BCUT2D eigenvalue weighted by molar-refractivity contribution is 7.99. The van der Waals surface area contributed by atoms with Crippen LogP contribution in [0.4, 0.5) is 0 Å². The minimum Gasteiger partial charge on any atom is -0.508 e. The van der Waals surface area contributed by atoms with Crippen LogP contribution in [0.1, 0.15) is 11.1 Å². The van der Waals surface area contributed by atoms with Crippen molar-refractivity contribution in [2.75, 3.05) is 5.75 Å². The van der Waals surface area contributed by atoms with Crippen molar-refractivity contribution >= 4 is 23.9 Å². The molecular weight excluding hydrogens is 284 g/mol. The summed E-state index contributed by atoms with van der Waals surface area (Å²) in [6, 6.07) is 16.6. The van der Waals surface area contributed by atoms with Gasteiger partial charge in [-0.25, -0.2) is 5.43 Å². The number of phenolic OH excluding ortho intramolecular Hbond substituents is 1. The van der Waals surface area contributed by atoms with Gasteiger partial charge in [-0.3, -0.25) is 4.79 Å². The Bertz CT molecular complexity index is 597. The summed E-state index contributed by atoms with van der Waals surface area (Å²) in [4.78, 5) is 11.6. The minimum absolute atomic E-state index is 0.133. The molecule has 0 unspecified atom stereocenters. The number of carbonyl (C=O) groups is 1. The number of hydrazone groups is 1. The first-order chi connectivity index (χ1) is 10.2. The van der Waals surface area contributed by atoms with Crippen LogP contribution in [-0.2, 0) is 10.5 Å². The third-order valence-electron chi connectivity index (χ3n) is 2.64. The molecule has 2 rings (SSSR count). The van der Waals surface area contributed by atoms with Crippen molar-refractivity contribution in [2.24, 2.45) is 5.10 Å². The Hall–Kier alpha value is -2.27. The summed E-state index contributed by atoms with van der Waals surface area (Å²) in [5, 5.41) is 13.0. The molecule has 0 aromatic heterocycles. The van der Waals surface area contributed by atoms with E-state index < -0.39 is 0 Å². The maximum Gasteiger partial charge on any atom is 0.250 e. The second-order valence-corrected chi connectivity index (χ2v) is 5.35. The van der Waals surface area contributed by atoms with Gasteiger partial charge in [-0.1, -0.05) is 30.3 Å². The van der Waals surface area contributed by atoms with E-state index in [-0.39, 0.29) is 11.7 Å². The summed E-state index contributed by atoms with van der Waals surface area (Å²) in [5.74, 6) is 1.23. The van der Waals surface area contributed by atoms with E-state index in [2.05, 4.69) is 10.5 Å². The van der Waals surface area contributed by atoms with Crippen LogP contribution in [0.15, 0.2) is 59.7 Å². The van der Waals surface area contributed by atoms with E-state index in [0.717, 1.165) is 11.3 Å². The van der Waals surface area contributed by atoms with Crippen molar-refractivity contribution in [2.45, 2.75) is 5.75 Å². The predicted molar refractivity (Wildman–Crippen MR) is 86.4 cm³/mol. The Morgan fingerprint density at radius 1 is 1.14 bits per heavy atom. The zero-order valence-corrected chi connectivity index (χ0v) is 12.2. The average molecular weight is 300 g/mol. The number of aromatic hydroxyl groups is 1. The van der Waals surface area contributed by atoms with Gasteiger partial charge in [0.25, 0.3) is 0 Å². The topological polar surface area (TPSA) is 61.7 Å². The molecule has 0 bridgehead atoms. The summed E-state index contributed by atoms with van der Waals surface area (Å²) >= 11 is 1.54. The maximum atomic E-state index is 11.6. The van der Waals surface area contributed by atoms with Crippen LogP contribution >= 0.6 is 11.8 Å². The lowest BCUT2D eigenvalue weighted by Crippen LogP contribution is -2.19. The van der Waals surface area contributed by atoms with E-state index in [1.165, 1.54) is 5.56 Å². The van der Waals surface area contributed by atoms with Crippen LogP contribution in [0.25, 0.3) is 0 Å². The van der Waals surface area contributed by atoms with Gasteiger partial charge in [0.2, 0.25) is 5.91 Å². The number of amides is 1. The Kier molecular flexibility index (Phi) is 5.84. The molecule has 0 saturated carbocycles. The van der Waals surface area contributed by atoms with E-state index in [9.17, 15) is 4.79 Å². The number of rotatable bonds is 6. The first kappa shape index (κ1) is 15.1. The average Bonchev–Trinajstić information content (AvgIpc) is 2.50. The number of phenols is 1. The van der Waals surface area contributed by atoms with E-state index in [0.29, 0.717) is 5.75 Å². The molecule has 0 radical (unpaired) electrons. The maximum absolute atomic E-state index is 11.6. The third-order valence-corrected chi connectivity index (χ3v) is 3.64. The van der Waals surface area contributed by atoms with Gasteiger partial charge in [0, 0.05) is 5.75 Å². The molecule has 1 amide bonds. The number of thioether (sulfide) groups is 1. The highest BCUT2D eigenvalue weighted by Gasteiger charge is 2.00. The quantitative estimate of drug-likeness (QED) is 0.637. The number of hydrogen-bond donors (Lipinski definition) is 2. The highest BCUT2D eigenvalue weighted by atomic mass is 32.2. The fourth-order valence-electron chi connectivity index (χ4n) is 1.61. The molecule has 0 atom stereocenters. The van der Waals surface area contributed by atoms with Crippen LogP contribution in [0.2, 0.25) is 0 Å². The predicted octanol–water partition coefficient (Wildman–Crippen LogP) is 2.78. The van der Waals surface area contributed by atoms with E-state index >= 15 is 0 Å². The van der Waals surface area contributed by atoms with E-state index in [1.807, 2.05) is 30.3 Å². The molecular formula is C16H16N2O2S. The van der Waals surface area contributed by atoms with Crippen molar-refractivity contribution in [3.05, 3.63) is 65.7 Å². The summed E-state index contributed by atoms with van der Waals surface area (Å²) in [5.41, 5.74) is 4.49. The molecule has 5 heteroatoms. The Morgan fingerprint density at radius 3 is 2.57 bits per heavy atom. The monoisotopic (exact) mass is 300 g/mol. The van der Waals surface area contributed by atoms with E-state index in [4.69, 9.17) is 5.11 Å². The largest absolute Gasteiger partial charge is 0.508 e. The van der Waals surface area contributed by atoms with Crippen LogP contribution in [0, 0.1) is 0 Å². The SMILES string of the molecule is O=C(CSCc1ccccc1)N/N=C/c1ccc(O)cc1. The zero-order chi connectivity index (χ0) is 14.9. The fourth-order valence-corrected chi connectivity index (χ4v) is 2.39. The van der Waals surface area contributed by atoms with Gasteiger partial charge in [0.1, 0.15) is 5.75 Å². The van der Waals surface area contributed by atoms with Crippen molar-refractivity contribution in [3.63, 3.8) is 0 Å². The van der Waals surface area contributed by atoms with Gasteiger partial charge in [-0.2, -0.15) is 5.10 Å². The molecule has 0 spiro atoms. The van der Waals surface area contributed by atoms with Gasteiger partial charge in [0.15, 0.2) is 0 Å². The van der Waals surface area contributed by atoms with Gasteiger partial charge in [-0.15, -0.1) is 11.8 Å². The molecule has 0 saturated heterocycles. The van der Waals surface area contributed by atoms with Crippen molar-refractivity contribution in [3.8, 4) is 5.75 Å². The molecule has 2 aromatic carbocycles. The van der Waals surface area contributed by atoms with Crippen LogP contribution < -0.4 is 5.43 Å². The number of nitrogens with zero attached hydrogens (tertiary/aromatic N) is 1. The zero-order valence-electron chi connectivity index (χ0n) is 11.4. The Morgan fingerprint density at radius 2 is 1.86 bits per heavy atom. The van der Waals surface area contributed by atoms with Gasteiger partial charge in [-0.05, 0) is 35.4 Å². The van der Waals surface area contributed by atoms with Crippen LogP contribution in [0.5, 0.6) is 5.75 Å². The number of benzene rings is 2. The van der Waals surface area contributed by atoms with E-state index in [1.54, 1.807) is 42.2 Å². The first-order valence-corrected chi connectivity index (χ1v) is 7.62. The van der Waals surface area contributed by atoms with Gasteiger partial charge in [0.05, 0.1) is 12.0 Å². The van der Waals surface area contributed by atoms with Crippen LogP contribution in [-0.4, -0.2) is 23.0 Å². The van der Waals surface area contributed by atoms with Gasteiger partial charge >= 0.3 is 0 Å². The standard InChI is InChI=1S/C16H16N2O2S/c19-15-8-6-13(7-9-15)10-17-18-16(20)12-21-11-14-4-2-1-3-5-14/h1-10,19H,11-12H2,(H,18,20)/b17-10+. The molecule has 4 nitrogen and oxygen atoms in total. The second-order valence-electron chi connectivity index (χ2n) is 4.36. The molecule has 2 aromatic rings. The number of nitrogens with one attached hydrogen (secondary N) is 1.